The van der Waals surface area contributed by atoms with Crippen LogP contribution < -0.4 is 0 Å². The van der Waals surface area contributed by atoms with Gasteiger partial charge in [0.1, 0.15) is 0 Å². The molecule has 1 saturated carbocycles. The number of hydrogen-bond acceptors (Lipinski definition) is 3. The van der Waals surface area contributed by atoms with Gasteiger partial charge >= 0.3 is 5.97 Å². The van der Waals surface area contributed by atoms with Crippen molar-refractivity contribution in [1.29, 1.82) is 0 Å². The molecule has 0 unspecified atom stereocenters. The molecule has 0 aromatic heterocycles. The highest BCUT2D eigenvalue weighted by molar-refractivity contribution is 7.92. The van der Waals surface area contributed by atoms with Gasteiger partial charge in [-0.25, -0.2) is 8.42 Å². The first-order chi connectivity index (χ1) is 10.8. The van der Waals surface area contributed by atoms with Gasteiger partial charge in [-0.3, -0.25) is 4.79 Å². The molecule has 1 aliphatic carbocycles. The number of carboxylic acids is 1. The molecule has 1 N–H and O–H groups in total. The number of aryl methyl sites for hydroxylation is 1. The fourth-order valence-corrected chi connectivity index (χ4v) is 5.28. The monoisotopic (exact) mass is 350 g/mol. The van der Waals surface area contributed by atoms with Crippen molar-refractivity contribution in [2.75, 3.05) is 0 Å². The van der Waals surface area contributed by atoms with Gasteiger partial charge in [-0.1, -0.05) is 41.4 Å². The predicted octanol–water partition coefficient (Wildman–Crippen LogP) is 3.29. The van der Waals surface area contributed by atoms with Crippen LogP contribution in [0.15, 0.2) is 53.4 Å². The number of hydrogen-bond donors (Lipinski definition) is 1. The summed E-state index contributed by atoms with van der Waals surface area (Å²) in [5.41, 5.74) is 1.59. The van der Waals surface area contributed by atoms with E-state index in [0.29, 0.717) is 10.6 Å². The number of halogens is 1. The second kappa shape index (κ2) is 5.65. The van der Waals surface area contributed by atoms with Crippen LogP contribution in [0.1, 0.15) is 17.0 Å². The minimum atomic E-state index is -3.71. The van der Waals surface area contributed by atoms with Gasteiger partial charge in [-0.05, 0) is 36.8 Å². The Balaban J connectivity index is 2.00. The van der Waals surface area contributed by atoms with Crippen molar-refractivity contribution in [2.24, 2.45) is 5.92 Å². The molecule has 2 aromatic rings. The molecule has 120 valence electrons. The Labute approximate surface area is 139 Å². The number of sulfone groups is 1. The molecule has 0 heterocycles. The van der Waals surface area contributed by atoms with Gasteiger partial charge in [-0.15, -0.1) is 0 Å². The van der Waals surface area contributed by atoms with E-state index in [2.05, 4.69) is 0 Å². The van der Waals surface area contributed by atoms with E-state index in [0.717, 1.165) is 5.56 Å². The van der Waals surface area contributed by atoms with Crippen LogP contribution in [-0.4, -0.2) is 24.7 Å². The average Bonchev–Trinajstić information content (AvgIpc) is 3.24. The summed E-state index contributed by atoms with van der Waals surface area (Å²) in [6.45, 7) is 1.86. The molecule has 0 bridgehead atoms. The Morgan fingerprint density at radius 3 is 2.35 bits per heavy atom. The molecule has 1 aliphatic rings. The normalized spacial score (nSPS) is 23.5. The van der Waals surface area contributed by atoms with Crippen molar-refractivity contribution in [3.05, 3.63) is 64.7 Å². The molecule has 3 atom stereocenters. The minimum Gasteiger partial charge on any atom is -0.481 e. The first kappa shape index (κ1) is 16.0. The molecule has 0 radical (unpaired) electrons. The Kier molecular flexibility index (Phi) is 3.94. The third-order valence-corrected chi connectivity index (χ3v) is 6.65. The van der Waals surface area contributed by atoms with E-state index < -0.39 is 32.9 Å². The fourth-order valence-electron chi connectivity index (χ4n) is 2.96. The Morgan fingerprint density at radius 2 is 1.78 bits per heavy atom. The summed E-state index contributed by atoms with van der Waals surface area (Å²) in [5.74, 6) is -2.62. The SMILES string of the molecule is Cc1ccc(S(=O)(=O)[C@@H]2[C@@H](C(=O)O)[C@H]2c2cccc(Cl)c2)cc1. The molecule has 0 spiro atoms. The summed E-state index contributed by atoms with van der Waals surface area (Å²) in [5, 5.41) is 8.89. The summed E-state index contributed by atoms with van der Waals surface area (Å²) >= 11 is 5.94. The lowest BCUT2D eigenvalue weighted by atomic mass is 10.1. The van der Waals surface area contributed by atoms with Gasteiger partial charge in [0, 0.05) is 10.9 Å². The van der Waals surface area contributed by atoms with Crippen LogP contribution in [0.2, 0.25) is 5.02 Å². The number of carboxylic acid groups (broad SMARTS) is 1. The topological polar surface area (TPSA) is 71.4 Å². The highest BCUT2D eigenvalue weighted by atomic mass is 35.5. The van der Waals surface area contributed by atoms with Crippen LogP contribution in [0.3, 0.4) is 0 Å². The number of benzene rings is 2. The predicted molar refractivity (Wildman–Crippen MR) is 87.5 cm³/mol. The maximum absolute atomic E-state index is 12.8. The largest absolute Gasteiger partial charge is 0.481 e. The van der Waals surface area contributed by atoms with Crippen LogP contribution in [0.25, 0.3) is 0 Å². The highest BCUT2D eigenvalue weighted by Gasteiger charge is 2.63. The van der Waals surface area contributed by atoms with Crippen molar-refractivity contribution < 1.29 is 18.3 Å². The molecule has 3 rings (SSSR count). The van der Waals surface area contributed by atoms with E-state index >= 15 is 0 Å². The van der Waals surface area contributed by atoms with Crippen molar-refractivity contribution in [1.82, 2.24) is 0 Å². The maximum Gasteiger partial charge on any atom is 0.308 e. The summed E-state index contributed by atoms with van der Waals surface area (Å²) < 4.78 is 25.6. The molecular formula is C17H15ClO4S. The quantitative estimate of drug-likeness (QED) is 0.918. The minimum absolute atomic E-state index is 0.156. The number of aliphatic carboxylic acids is 1. The zero-order valence-corrected chi connectivity index (χ0v) is 13.9. The van der Waals surface area contributed by atoms with E-state index in [1.807, 2.05) is 6.92 Å². The number of carbonyl (C=O) groups is 1. The molecule has 6 heteroatoms. The summed E-state index contributed by atoms with van der Waals surface area (Å²) in [4.78, 5) is 11.6. The van der Waals surface area contributed by atoms with Crippen molar-refractivity contribution in [3.8, 4) is 0 Å². The van der Waals surface area contributed by atoms with Gasteiger partial charge < -0.3 is 5.11 Å². The summed E-state index contributed by atoms with van der Waals surface area (Å²) in [6.07, 6.45) is 0. The van der Waals surface area contributed by atoms with Crippen molar-refractivity contribution in [2.45, 2.75) is 23.0 Å². The van der Waals surface area contributed by atoms with Gasteiger partial charge in [0.2, 0.25) is 0 Å². The van der Waals surface area contributed by atoms with Crippen LogP contribution in [0.4, 0.5) is 0 Å². The molecule has 0 amide bonds. The van der Waals surface area contributed by atoms with E-state index in [-0.39, 0.29) is 4.90 Å². The van der Waals surface area contributed by atoms with E-state index in [9.17, 15) is 18.3 Å². The lowest BCUT2D eigenvalue weighted by Gasteiger charge is -2.05. The molecule has 0 saturated heterocycles. The summed E-state index contributed by atoms with van der Waals surface area (Å²) in [6, 6.07) is 13.2. The third kappa shape index (κ3) is 2.86. The first-order valence-electron chi connectivity index (χ1n) is 7.11. The Bertz CT molecular complexity index is 858. The van der Waals surface area contributed by atoms with Gasteiger partial charge in [0.05, 0.1) is 16.1 Å². The zero-order valence-electron chi connectivity index (χ0n) is 12.3. The van der Waals surface area contributed by atoms with E-state index in [1.165, 1.54) is 12.1 Å². The summed E-state index contributed by atoms with van der Waals surface area (Å²) in [7, 11) is -3.71. The standard InChI is InChI=1S/C17H15ClO4S/c1-10-5-7-13(8-6-10)23(21,22)16-14(15(16)17(19)20)11-3-2-4-12(18)9-11/h2-9,14-16H,1H3,(H,19,20)/t14-,15+,16+/m1/s1. The van der Waals surface area contributed by atoms with Gasteiger partial charge in [-0.2, -0.15) is 0 Å². The van der Waals surface area contributed by atoms with E-state index in [1.54, 1.807) is 36.4 Å². The molecule has 4 nitrogen and oxygen atoms in total. The van der Waals surface area contributed by atoms with Crippen LogP contribution >= 0.6 is 11.6 Å². The Hall–Kier alpha value is -1.85. The molecular weight excluding hydrogens is 336 g/mol. The maximum atomic E-state index is 12.8. The second-order valence-corrected chi connectivity index (χ2v) is 8.31. The van der Waals surface area contributed by atoms with E-state index in [4.69, 9.17) is 11.6 Å². The van der Waals surface area contributed by atoms with Crippen LogP contribution in [-0.2, 0) is 14.6 Å². The zero-order chi connectivity index (χ0) is 16.8. The lowest BCUT2D eigenvalue weighted by molar-refractivity contribution is -0.138. The number of rotatable bonds is 4. The molecule has 23 heavy (non-hydrogen) atoms. The lowest BCUT2D eigenvalue weighted by Crippen LogP contribution is -2.13. The van der Waals surface area contributed by atoms with Crippen LogP contribution in [0.5, 0.6) is 0 Å². The molecule has 1 fully saturated rings. The molecule has 2 aromatic carbocycles. The fraction of sp³-hybridized carbons (Fsp3) is 0.235. The van der Waals surface area contributed by atoms with Crippen LogP contribution in [0, 0.1) is 12.8 Å². The molecule has 0 aliphatic heterocycles. The van der Waals surface area contributed by atoms with Crippen molar-refractivity contribution in [3.63, 3.8) is 0 Å². The third-order valence-electron chi connectivity index (χ3n) is 4.18. The van der Waals surface area contributed by atoms with Gasteiger partial charge in [0.25, 0.3) is 0 Å². The second-order valence-electron chi connectivity index (χ2n) is 5.77. The van der Waals surface area contributed by atoms with Gasteiger partial charge in [0.15, 0.2) is 9.84 Å². The smallest absolute Gasteiger partial charge is 0.308 e. The Morgan fingerprint density at radius 1 is 1.13 bits per heavy atom. The first-order valence-corrected chi connectivity index (χ1v) is 9.03. The average molecular weight is 351 g/mol. The highest BCUT2D eigenvalue weighted by Crippen LogP contribution is 2.54. The van der Waals surface area contributed by atoms with Crippen molar-refractivity contribution >= 4 is 27.4 Å².